The smallest absolute Gasteiger partial charge is 0.263 e. The molecular weight excluding hydrogens is 438 g/mol. The van der Waals surface area contributed by atoms with Crippen LogP contribution in [0.4, 0.5) is 0 Å². The van der Waals surface area contributed by atoms with E-state index < -0.39 is 0 Å². The molecule has 3 aromatic rings. The van der Waals surface area contributed by atoms with E-state index in [0.29, 0.717) is 24.2 Å². The normalized spacial score (nSPS) is 13.5. The second kappa shape index (κ2) is 10.7. The number of hydrogen-bond donors (Lipinski definition) is 1. The number of carbonyl (C=O) groups excluding carboxylic acids is 1. The standard InChI is InChI=1S/C25H31N3O2S2/c1-17(2)13-15-28-24(30)22-19-10-6-7-11-20(19)32-23(22)27-25(28)31-16-21(29)26-14-12-18-8-4-3-5-9-18/h3-5,8-9,17H,6-7,10-16H2,1-2H3,(H,26,29). The van der Waals surface area contributed by atoms with Crippen LogP contribution in [0.15, 0.2) is 40.3 Å². The number of hydrogen-bond acceptors (Lipinski definition) is 5. The number of amides is 1. The fourth-order valence-corrected chi connectivity index (χ4v) is 6.24. The summed E-state index contributed by atoms with van der Waals surface area (Å²) in [6.45, 7) is 5.57. The largest absolute Gasteiger partial charge is 0.355 e. The van der Waals surface area contributed by atoms with E-state index in [-0.39, 0.29) is 17.2 Å². The third kappa shape index (κ3) is 5.44. The molecule has 32 heavy (non-hydrogen) atoms. The van der Waals surface area contributed by atoms with Gasteiger partial charge in [-0.05, 0) is 55.6 Å². The predicted octanol–water partition coefficient (Wildman–Crippen LogP) is 4.83. The Morgan fingerprint density at radius 3 is 2.78 bits per heavy atom. The first-order chi connectivity index (χ1) is 15.5. The van der Waals surface area contributed by atoms with Gasteiger partial charge in [0, 0.05) is 18.0 Å². The predicted molar refractivity (Wildman–Crippen MR) is 134 cm³/mol. The molecule has 2 heterocycles. The van der Waals surface area contributed by atoms with Crippen molar-refractivity contribution in [3.8, 4) is 0 Å². The Balaban J connectivity index is 1.49. The monoisotopic (exact) mass is 469 g/mol. The molecule has 2 aromatic heterocycles. The summed E-state index contributed by atoms with van der Waals surface area (Å²) < 4.78 is 1.81. The van der Waals surface area contributed by atoms with Crippen molar-refractivity contribution in [1.82, 2.24) is 14.9 Å². The van der Waals surface area contributed by atoms with Crippen LogP contribution in [0, 0.1) is 5.92 Å². The molecule has 0 saturated carbocycles. The zero-order valence-corrected chi connectivity index (χ0v) is 20.5. The van der Waals surface area contributed by atoms with Crippen molar-refractivity contribution in [3.63, 3.8) is 0 Å². The molecule has 0 atom stereocenters. The first-order valence-electron chi connectivity index (χ1n) is 11.5. The number of aromatic nitrogens is 2. The highest BCUT2D eigenvalue weighted by Crippen LogP contribution is 2.34. The molecule has 170 valence electrons. The second-order valence-corrected chi connectivity index (χ2v) is 10.8. The highest BCUT2D eigenvalue weighted by molar-refractivity contribution is 7.99. The quantitative estimate of drug-likeness (QED) is 0.360. The van der Waals surface area contributed by atoms with E-state index in [1.54, 1.807) is 11.3 Å². The summed E-state index contributed by atoms with van der Waals surface area (Å²) in [7, 11) is 0. The van der Waals surface area contributed by atoms with E-state index >= 15 is 0 Å². The molecule has 0 aliphatic heterocycles. The molecule has 4 rings (SSSR count). The minimum atomic E-state index is -0.0267. The zero-order valence-electron chi connectivity index (χ0n) is 18.9. The molecule has 0 fully saturated rings. The SMILES string of the molecule is CC(C)CCn1c(SCC(=O)NCCc2ccccc2)nc2sc3c(c2c1=O)CCCC3. The number of fused-ring (bicyclic) bond motifs is 3. The van der Waals surface area contributed by atoms with Gasteiger partial charge in [-0.1, -0.05) is 55.9 Å². The lowest BCUT2D eigenvalue weighted by molar-refractivity contribution is -0.118. The van der Waals surface area contributed by atoms with Crippen LogP contribution in [0.1, 0.15) is 49.1 Å². The van der Waals surface area contributed by atoms with Crippen molar-refractivity contribution in [2.45, 2.75) is 64.1 Å². The fourth-order valence-electron chi connectivity index (χ4n) is 4.09. The number of thiophene rings is 1. The molecule has 0 spiro atoms. The Labute approximate surface area is 197 Å². The molecule has 1 amide bonds. The maximum atomic E-state index is 13.5. The van der Waals surface area contributed by atoms with Gasteiger partial charge in [0.25, 0.3) is 5.56 Å². The van der Waals surface area contributed by atoms with E-state index in [4.69, 9.17) is 4.98 Å². The van der Waals surface area contributed by atoms with Crippen molar-refractivity contribution in [3.05, 3.63) is 56.7 Å². The van der Waals surface area contributed by atoms with Crippen LogP contribution >= 0.6 is 23.1 Å². The minimum Gasteiger partial charge on any atom is -0.355 e. The Morgan fingerprint density at radius 1 is 1.22 bits per heavy atom. The lowest BCUT2D eigenvalue weighted by Crippen LogP contribution is -2.28. The molecule has 5 nitrogen and oxygen atoms in total. The molecule has 1 aromatic carbocycles. The Morgan fingerprint density at radius 2 is 2.00 bits per heavy atom. The van der Waals surface area contributed by atoms with Crippen LogP contribution in [0.5, 0.6) is 0 Å². The number of nitrogens with zero attached hydrogens (tertiary/aromatic N) is 2. The maximum absolute atomic E-state index is 13.5. The summed E-state index contributed by atoms with van der Waals surface area (Å²) >= 11 is 3.04. The van der Waals surface area contributed by atoms with Crippen molar-refractivity contribution >= 4 is 39.2 Å². The van der Waals surface area contributed by atoms with Crippen LogP contribution in [0.2, 0.25) is 0 Å². The van der Waals surface area contributed by atoms with Crippen molar-refractivity contribution in [2.24, 2.45) is 5.92 Å². The van der Waals surface area contributed by atoms with E-state index in [1.165, 1.54) is 34.2 Å². The van der Waals surface area contributed by atoms with Crippen LogP contribution in [-0.2, 0) is 30.6 Å². The number of aryl methyl sites for hydroxylation is 2. The number of nitrogens with one attached hydrogen (secondary N) is 1. The van der Waals surface area contributed by atoms with Crippen LogP contribution in [0.25, 0.3) is 10.2 Å². The summed E-state index contributed by atoms with van der Waals surface area (Å²) in [5, 5.41) is 4.48. The highest BCUT2D eigenvalue weighted by atomic mass is 32.2. The lowest BCUT2D eigenvalue weighted by Gasteiger charge is -2.14. The van der Waals surface area contributed by atoms with Gasteiger partial charge in [-0.3, -0.25) is 14.2 Å². The Hall–Kier alpha value is -2.12. The third-order valence-electron chi connectivity index (χ3n) is 5.88. The average Bonchev–Trinajstić information content (AvgIpc) is 3.16. The van der Waals surface area contributed by atoms with Crippen LogP contribution < -0.4 is 10.9 Å². The van der Waals surface area contributed by atoms with E-state index in [1.807, 2.05) is 22.8 Å². The molecule has 1 aliphatic carbocycles. The topological polar surface area (TPSA) is 64.0 Å². The first kappa shape index (κ1) is 23.1. The van der Waals surface area contributed by atoms with E-state index in [9.17, 15) is 9.59 Å². The Bertz CT molecular complexity index is 1140. The first-order valence-corrected chi connectivity index (χ1v) is 13.3. The lowest BCUT2D eigenvalue weighted by atomic mass is 9.97. The van der Waals surface area contributed by atoms with Crippen LogP contribution in [0.3, 0.4) is 0 Å². The van der Waals surface area contributed by atoms with Gasteiger partial charge in [0.1, 0.15) is 4.83 Å². The number of carbonyl (C=O) groups is 1. The number of benzene rings is 1. The van der Waals surface area contributed by atoms with Gasteiger partial charge in [0.05, 0.1) is 11.1 Å². The summed E-state index contributed by atoms with van der Waals surface area (Å²) in [4.78, 5) is 33.0. The fraction of sp³-hybridized carbons (Fsp3) is 0.480. The molecule has 7 heteroatoms. The molecule has 1 aliphatic rings. The summed E-state index contributed by atoms with van der Waals surface area (Å²) in [6, 6.07) is 10.1. The number of thioether (sulfide) groups is 1. The molecule has 0 unspecified atom stereocenters. The maximum Gasteiger partial charge on any atom is 0.263 e. The third-order valence-corrected chi connectivity index (χ3v) is 8.04. The van der Waals surface area contributed by atoms with E-state index in [2.05, 4.69) is 31.3 Å². The van der Waals surface area contributed by atoms with Gasteiger partial charge in [-0.2, -0.15) is 0 Å². The van der Waals surface area contributed by atoms with Gasteiger partial charge in [0.15, 0.2) is 5.16 Å². The van der Waals surface area contributed by atoms with E-state index in [0.717, 1.165) is 42.3 Å². The molecular formula is C25H31N3O2S2. The second-order valence-electron chi connectivity index (χ2n) is 8.80. The van der Waals surface area contributed by atoms with Gasteiger partial charge >= 0.3 is 0 Å². The molecule has 0 radical (unpaired) electrons. The minimum absolute atomic E-state index is 0.0267. The van der Waals surface area contributed by atoms with Gasteiger partial charge in [0.2, 0.25) is 5.91 Å². The van der Waals surface area contributed by atoms with Gasteiger partial charge in [-0.15, -0.1) is 11.3 Å². The molecule has 1 N–H and O–H groups in total. The average molecular weight is 470 g/mol. The van der Waals surface area contributed by atoms with Crippen molar-refractivity contribution in [1.29, 1.82) is 0 Å². The van der Waals surface area contributed by atoms with Crippen molar-refractivity contribution < 1.29 is 4.79 Å². The highest BCUT2D eigenvalue weighted by Gasteiger charge is 2.22. The van der Waals surface area contributed by atoms with Crippen molar-refractivity contribution in [2.75, 3.05) is 12.3 Å². The summed E-state index contributed by atoms with van der Waals surface area (Å²) in [5.41, 5.74) is 2.50. The zero-order chi connectivity index (χ0) is 22.5. The van der Waals surface area contributed by atoms with Gasteiger partial charge < -0.3 is 5.32 Å². The summed E-state index contributed by atoms with van der Waals surface area (Å²) in [5.74, 6) is 0.730. The molecule has 0 saturated heterocycles. The van der Waals surface area contributed by atoms with Gasteiger partial charge in [-0.25, -0.2) is 4.98 Å². The number of rotatable bonds is 9. The molecule has 0 bridgehead atoms. The van der Waals surface area contributed by atoms with Crippen LogP contribution in [-0.4, -0.2) is 27.8 Å². The Kier molecular flexibility index (Phi) is 7.68. The summed E-state index contributed by atoms with van der Waals surface area (Å²) in [6.07, 6.45) is 6.08.